The number of carbonyl (C=O) groups excluding carboxylic acids is 1. The third-order valence-corrected chi connectivity index (χ3v) is 3.41. The van der Waals surface area contributed by atoms with Gasteiger partial charge in [0.25, 0.3) is 12.3 Å². The molecule has 0 aliphatic rings. The lowest BCUT2D eigenvalue weighted by Gasteiger charge is -2.22. The minimum Gasteiger partial charge on any atom is -0.338 e. The Labute approximate surface area is 147 Å². The molecule has 0 bridgehead atoms. The van der Waals surface area contributed by atoms with Crippen LogP contribution in [0, 0.1) is 0 Å². The number of halogens is 8. The number of nitrogens with one attached hydrogen (secondary N) is 1. The molecule has 0 saturated heterocycles. The number of rotatable bonds is 4. The van der Waals surface area contributed by atoms with Gasteiger partial charge in [-0.25, -0.2) is 13.8 Å². The fourth-order valence-corrected chi connectivity index (χ4v) is 2.24. The molecule has 0 spiro atoms. The molecule has 1 N–H and O–H groups in total. The Morgan fingerprint density at radius 3 is 2.07 bits per heavy atom. The van der Waals surface area contributed by atoms with E-state index in [4.69, 9.17) is 0 Å². The van der Waals surface area contributed by atoms with Gasteiger partial charge in [-0.3, -0.25) is 4.79 Å². The molecule has 1 aromatic heterocycles. The van der Waals surface area contributed by atoms with Crippen molar-refractivity contribution in [2.75, 3.05) is 0 Å². The molecule has 3 nitrogen and oxygen atoms in total. The van der Waals surface area contributed by atoms with Gasteiger partial charge in [0.15, 0.2) is 0 Å². The van der Waals surface area contributed by atoms with Gasteiger partial charge in [-0.05, 0) is 23.8 Å². The molecule has 1 amide bonds. The third-order valence-electron chi connectivity index (χ3n) is 3.41. The van der Waals surface area contributed by atoms with Crippen LogP contribution in [0.25, 0.3) is 0 Å². The van der Waals surface area contributed by atoms with E-state index in [-0.39, 0.29) is 0 Å². The van der Waals surface area contributed by atoms with E-state index in [1.165, 1.54) is 0 Å². The first-order valence-corrected chi connectivity index (χ1v) is 7.20. The summed E-state index contributed by atoms with van der Waals surface area (Å²) < 4.78 is 104. The van der Waals surface area contributed by atoms with E-state index in [1.54, 1.807) is 5.32 Å². The second-order valence-corrected chi connectivity index (χ2v) is 5.28. The van der Waals surface area contributed by atoms with Gasteiger partial charge in [0.1, 0.15) is 17.4 Å². The van der Waals surface area contributed by atoms with Gasteiger partial charge < -0.3 is 5.32 Å². The lowest BCUT2D eigenvalue weighted by Crippen LogP contribution is -2.35. The van der Waals surface area contributed by atoms with Crippen LogP contribution in [0.15, 0.2) is 42.5 Å². The molecule has 146 valence electrons. The van der Waals surface area contributed by atoms with E-state index >= 15 is 0 Å². The summed E-state index contributed by atoms with van der Waals surface area (Å²) >= 11 is 0. The number of aromatic nitrogens is 1. The molecule has 0 radical (unpaired) electrons. The molecule has 2 aromatic rings. The lowest BCUT2D eigenvalue weighted by atomic mass is 10.00. The summed E-state index contributed by atoms with van der Waals surface area (Å²) in [4.78, 5) is 15.0. The number of nitrogens with zero attached hydrogens (tertiary/aromatic N) is 1. The van der Waals surface area contributed by atoms with Gasteiger partial charge >= 0.3 is 12.4 Å². The van der Waals surface area contributed by atoms with Crippen molar-refractivity contribution in [2.45, 2.75) is 24.8 Å². The highest BCUT2D eigenvalue weighted by molar-refractivity contribution is 5.92. The van der Waals surface area contributed by atoms with Gasteiger partial charge in [0.2, 0.25) is 0 Å². The van der Waals surface area contributed by atoms with Gasteiger partial charge in [-0.1, -0.05) is 24.3 Å². The zero-order valence-electron chi connectivity index (χ0n) is 13.1. The van der Waals surface area contributed by atoms with Crippen LogP contribution in [0.5, 0.6) is 0 Å². The van der Waals surface area contributed by atoms with Crippen molar-refractivity contribution in [3.8, 4) is 0 Å². The van der Waals surface area contributed by atoms with Crippen LogP contribution in [-0.2, 0) is 12.4 Å². The average Bonchev–Trinajstić information content (AvgIpc) is 2.58. The minimum absolute atomic E-state index is 0.555. The normalized spacial score (nSPS) is 13.5. The van der Waals surface area contributed by atoms with Crippen LogP contribution in [0.3, 0.4) is 0 Å². The fourth-order valence-electron chi connectivity index (χ4n) is 2.24. The van der Waals surface area contributed by atoms with Crippen molar-refractivity contribution in [3.63, 3.8) is 0 Å². The number of alkyl halides is 8. The van der Waals surface area contributed by atoms with Gasteiger partial charge in [0, 0.05) is 0 Å². The molecular weight excluding hydrogens is 388 g/mol. The van der Waals surface area contributed by atoms with E-state index in [9.17, 15) is 39.9 Å². The maximum atomic E-state index is 13.3. The Kier molecular flexibility index (Phi) is 5.71. The maximum Gasteiger partial charge on any atom is 0.433 e. The second kappa shape index (κ2) is 7.49. The molecule has 27 heavy (non-hydrogen) atoms. The minimum atomic E-state index is -4.97. The molecule has 1 heterocycles. The van der Waals surface area contributed by atoms with Gasteiger partial charge in [0.05, 0.1) is 5.56 Å². The predicted octanol–water partition coefficient (Wildman–Crippen LogP) is 4.86. The highest BCUT2D eigenvalue weighted by Gasteiger charge is 2.38. The molecule has 1 atom stereocenters. The first-order valence-electron chi connectivity index (χ1n) is 7.20. The topological polar surface area (TPSA) is 42.0 Å². The van der Waals surface area contributed by atoms with E-state index in [1.807, 2.05) is 0 Å². The summed E-state index contributed by atoms with van der Waals surface area (Å²) in [6, 6.07) is 3.15. The Morgan fingerprint density at radius 2 is 1.52 bits per heavy atom. The highest BCUT2D eigenvalue weighted by Crippen LogP contribution is 2.36. The quantitative estimate of drug-likeness (QED) is 0.748. The maximum absolute atomic E-state index is 13.3. The van der Waals surface area contributed by atoms with Crippen molar-refractivity contribution in [1.29, 1.82) is 0 Å². The number of benzene rings is 1. The monoisotopic (exact) mass is 398 g/mol. The Bertz CT molecular complexity index is 817. The first kappa shape index (κ1) is 20.6. The zero-order valence-corrected chi connectivity index (χ0v) is 13.1. The molecule has 11 heteroatoms. The number of hydrogen-bond acceptors (Lipinski definition) is 2. The molecule has 0 saturated carbocycles. The van der Waals surface area contributed by atoms with Crippen LogP contribution < -0.4 is 5.32 Å². The van der Waals surface area contributed by atoms with Crippen LogP contribution in [0.4, 0.5) is 35.1 Å². The molecule has 0 fully saturated rings. The van der Waals surface area contributed by atoms with E-state index in [0.29, 0.717) is 12.1 Å². The van der Waals surface area contributed by atoms with E-state index in [0.717, 1.165) is 30.3 Å². The summed E-state index contributed by atoms with van der Waals surface area (Å²) in [6.07, 6.45) is -13.3. The van der Waals surface area contributed by atoms with Crippen molar-refractivity contribution >= 4 is 5.91 Å². The summed E-state index contributed by atoms with van der Waals surface area (Å²) in [5.74, 6) is -1.47. The standard InChI is InChI=1S/C16H10F8N2O/c17-13(18)12(8-4-1-2-5-9(8)15(19,20)21)26-14(27)10-6-3-7-11(25-10)16(22,23)24/h1-7,12-13H,(H,26,27)/t12-/m0/s1. The smallest absolute Gasteiger partial charge is 0.338 e. The molecule has 2 rings (SSSR count). The largest absolute Gasteiger partial charge is 0.433 e. The van der Waals surface area contributed by atoms with Crippen LogP contribution in [0.1, 0.15) is 33.4 Å². The summed E-state index contributed by atoms with van der Waals surface area (Å²) in [5, 5.41) is 1.62. The van der Waals surface area contributed by atoms with Gasteiger partial charge in [-0.15, -0.1) is 0 Å². The van der Waals surface area contributed by atoms with Crippen molar-refractivity contribution in [1.82, 2.24) is 10.3 Å². The second-order valence-electron chi connectivity index (χ2n) is 5.28. The third kappa shape index (κ3) is 4.92. The first-order chi connectivity index (χ1) is 12.4. The van der Waals surface area contributed by atoms with Crippen molar-refractivity contribution in [2.24, 2.45) is 0 Å². The van der Waals surface area contributed by atoms with E-state index in [2.05, 4.69) is 4.98 Å². The number of hydrogen-bond donors (Lipinski definition) is 1. The summed E-state index contributed by atoms with van der Waals surface area (Å²) in [5.41, 5.74) is -4.62. The molecule has 1 aromatic carbocycles. The highest BCUT2D eigenvalue weighted by atomic mass is 19.4. The lowest BCUT2D eigenvalue weighted by molar-refractivity contribution is -0.141. The Morgan fingerprint density at radius 1 is 0.889 bits per heavy atom. The zero-order chi connectivity index (χ0) is 20.4. The molecule has 0 aliphatic heterocycles. The molecule has 0 unspecified atom stereocenters. The number of pyridine rings is 1. The predicted molar refractivity (Wildman–Crippen MR) is 76.9 cm³/mol. The van der Waals surface area contributed by atoms with Gasteiger partial charge in [-0.2, -0.15) is 26.3 Å². The Balaban J connectivity index is 2.37. The summed E-state index contributed by atoms with van der Waals surface area (Å²) in [6.45, 7) is 0. The molecule has 0 aliphatic carbocycles. The summed E-state index contributed by atoms with van der Waals surface area (Å²) in [7, 11) is 0. The van der Waals surface area contributed by atoms with Crippen molar-refractivity contribution < 1.29 is 39.9 Å². The Hall–Kier alpha value is -2.72. The fraction of sp³-hybridized carbons (Fsp3) is 0.250. The van der Waals surface area contributed by atoms with E-state index < -0.39 is 53.2 Å². The van der Waals surface area contributed by atoms with Crippen LogP contribution in [-0.4, -0.2) is 17.3 Å². The van der Waals surface area contributed by atoms with Crippen LogP contribution in [0.2, 0.25) is 0 Å². The van der Waals surface area contributed by atoms with Crippen molar-refractivity contribution in [3.05, 3.63) is 65.0 Å². The number of amides is 1. The average molecular weight is 398 g/mol. The SMILES string of the molecule is O=C(N[C@@H](c1ccccc1C(F)(F)F)C(F)F)c1cccc(C(F)(F)F)n1. The molecular formula is C16H10F8N2O. The number of carbonyl (C=O) groups is 1. The van der Waals surface area contributed by atoms with Crippen LogP contribution >= 0.6 is 0 Å².